The number of piperidine rings is 1. The van der Waals surface area contributed by atoms with E-state index in [0.29, 0.717) is 18.4 Å². The van der Waals surface area contributed by atoms with Gasteiger partial charge in [0.15, 0.2) is 0 Å². The molecule has 1 aliphatic heterocycles. The van der Waals surface area contributed by atoms with E-state index in [-0.39, 0.29) is 11.5 Å². The van der Waals surface area contributed by atoms with E-state index in [0.717, 1.165) is 38.9 Å². The van der Waals surface area contributed by atoms with Crippen molar-refractivity contribution in [3.63, 3.8) is 0 Å². The van der Waals surface area contributed by atoms with Crippen molar-refractivity contribution >= 4 is 5.91 Å². The predicted octanol–water partition coefficient (Wildman–Crippen LogP) is 2.18. The Morgan fingerprint density at radius 1 is 1.45 bits per heavy atom. The highest BCUT2D eigenvalue weighted by Crippen LogP contribution is 2.38. The van der Waals surface area contributed by atoms with Crippen LogP contribution >= 0.6 is 0 Å². The monoisotopic (exact) mass is 282 g/mol. The number of hydrogen-bond acceptors (Lipinski definition) is 3. The molecule has 2 unspecified atom stereocenters. The zero-order valence-electron chi connectivity index (χ0n) is 13.3. The number of methoxy groups -OCH3 is 1. The van der Waals surface area contributed by atoms with Gasteiger partial charge >= 0.3 is 0 Å². The van der Waals surface area contributed by atoms with Crippen molar-refractivity contribution in [3.8, 4) is 0 Å². The van der Waals surface area contributed by atoms with Crippen molar-refractivity contribution in [2.75, 3.05) is 26.7 Å². The maximum Gasteiger partial charge on any atom is 0.225 e. The summed E-state index contributed by atoms with van der Waals surface area (Å²) < 4.78 is 5.58. The minimum Gasteiger partial charge on any atom is -0.378 e. The first-order valence-corrected chi connectivity index (χ1v) is 8.16. The molecule has 2 atom stereocenters. The third-order valence-electron chi connectivity index (χ3n) is 5.09. The molecule has 0 radical (unpaired) electrons. The Labute approximate surface area is 123 Å². The zero-order valence-corrected chi connectivity index (χ0v) is 13.3. The van der Waals surface area contributed by atoms with E-state index in [1.807, 2.05) is 4.90 Å². The first kappa shape index (κ1) is 15.8. The Balaban J connectivity index is 1.81. The molecule has 2 aliphatic rings. The summed E-state index contributed by atoms with van der Waals surface area (Å²) in [5.41, 5.74) is -0.141. The van der Waals surface area contributed by atoms with Gasteiger partial charge in [0, 0.05) is 26.2 Å². The van der Waals surface area contributed by atoms with Crippen molar-refractivity contribution in [2.24, 2.45) is 5.92 Å². The number of likely N-dealkylation sites (tertiary alicyclic amines) is 1. The quantitative estimate of drug-likeness (QED) is 0.812. The fourth-order valence-corrected chi connectivity index (χ4v) is 3.42. The minimum atomic E-state index is -0.141. The Morgan fingerprint density at radius 2 is 2.20 bits per heavy atom. The van der Waals surface area contributed by atoms with Gasteiger partial charge in [-0.2, -0.15) is 0 Å². The Hall–Kier alpha value is -0.610. The molecule has 4 heteroatoms. The van der Waals surface area contributed by atoms with E-state index in [4.69, 9.17) is 4.74 Å². The molecule has 2 rings (SSSR count). The lowest BCUT2D eigenvalue weighted by atomic mass is 9.77. The van der Waals surface area contributed by atoms with Gasteiger partial charge < -0.3 is 15.0 Å². The van der Waals surface area contributed by atoms with Crippen LogP contribution in [0.2, 0.25) is 0 Å². The second kappa shape index (κ2) is 6.90. The van der Waals surface area contributed by atoms with Gasteiger partial charge in [0.2, 0.25) is 5.91 Å². The van der Waals surface area contributed by atoms with Crippen LogP contribution in [0.4, 0.5) is 0 Å². The zero-order chi connectivity index (χ0) is 14.6. The van der Waals surface area contributed by atoms with Gasteiger partial charge in [0.1, 0.15) is 0 Å². The molecule has 2 fully saturated rings. The number of rotatable bonds is 6. The van der Waals surface area contributed by atoms with Crippen LogP contribution in [0.3, 0.4) is 0 Å². The summed E-state index contributed by atoms with van der Waals surface area (Å²) in [6.07, 6.45) is 6.09. The molecule has 1 saturated heterocycles. The Bertz CT molecular complexity index is 323. The second-order valence-corrected chi connectivity index (χ2v) is 6.58. The van der Waals surface area contributed by atoms with E-state index in [2.05, 4.69) is 19.2 Å². The van der Waals surface area contributed by atoms with Crippen LogP contribution in [0.15, 0.2) is 0 Å². The van der Waals surface area contributed by atoms with Crippen LogP contribution in [0.5, 0.6) is 0 Å². The van der Waals surface area contributed by atoms with E-state index < -0.39 is 0 Å². The van der Waals surface area contributed by atoms with Gasteiger partial charge in [-0.25, -0.2) is 0 Å². The molecule has 1 heterocycles. The van der Waals surface area contributed by atoms with Gasteiger partial charge in [-0.05, 0) is 44.6 Å². The van der Waals surface area contributed by atoms with Crippen molar-refractivity contribution in [2.45, 2.75) is 64.0 Å². The van der Waals surface area contributed by atoms with E-state index >= 15 is 0 Å². The third-order valence-corrected chi connectivity index (χ3v) is 5.09. The van der Waals surface area contributed by atoms with E-state index in [9.17, 15) is 4.79 Å². The number of nitrogens with zero attached hydrogens (tertiary/aromatic N) is 1. The lowest BCUT2D eigenvalue weighted by Gasteiger charge is -2.43. The molecular weight excluding hydrogens is 252 g/mol. The van der Waals surface area contributed by atoms with Crippen LogP contribution < -0.4 is 5.32 Å². The lowest BCUT2D eigenvalue weighted by molar-refractivity contribution is -0.146. The van der Waals surface area contributed by atoms with Gasteiger partial charge in [0.25, 0.3) is 0 Å². The first-order valence-electron chi connectivity index (χ1n) is 8.16. The third kappa shape index (κ3) is 3.53. The maximum atomic E-state index is 12.5. The van der Waals surface area contributed by atoms with Crippen LogP contribution in [0.25, 0.3) is 0 Å². The average Bonchev–Trinajstić information content (AvgIpc) is 2.41. The predicted molar refractivity (Wildman–Crippen MR) is 80.7 cm³/mol. The van der Waals surface area contributed by atoms with Gasteiger partial charge in [-0.15, -0.1) is 0 Å². The number of carbonyl (C=O) groups excluding carboxylic acids is 1. The molecule has 116 valence electrons. The normalized spacial score (nSPS) is 29.1. The highest BCUT2D eigenvalue weighted by molar-refractivity contribution is 5.77. The molecule has 1 amide bonds. The Morgan fingerprint density at radius 3 is 2.70 bits per heavy atom. The molecule has 1 aliphatic carbocycles. The Kier molecular flexibility index (Phi) is 5.44. The van der Waals surface area contributed by atoms with E-state index in [1.54, 1.807) is 7.11 Å². The fourth-order valence-electron chi connectivity index (χ4n) is 3.42. The molecule has 1 N–H and O–H groups in total. The molecule has 0 bridgehead atoms. The minimum absolute atomic E-state index is 0.141. The average molecular weight is 282 g/mol. The lowest BCUT2D eigenvalue weighted by Crippen LogP contribution is -2.52. The van der Waals surface area contributed by atoms with Crippen LogP contribution in [0.1, 0.15) is 52.4 Å². The highest BCUT2D eigenvalue weighted by atomic mass is 16.5. The van der Waals surface area contributed by atoms with Crippen molar-refractivity contribution in [1.82, 2.24) is 10.2 Å². The number of nitrogens with one attached hydrogen (secondary N) is 1. The van der Waals surface area contributed by atoms with Crippen molar-refractivity contribution in [1.29, 1.82) is 0 Å². The molecule has 0 aromatic rings. The summed E-state index contributed by atoms with van der Waals surface area (Å²) in [6, 6.07) is 0.569. The summed E-state index contributed by atoms with van der Waals surface area (Å²) in [4.78, 5) is 14.5. The van der Waals surface area contributed by atoms with E-state index in [1.165, 1.54) is 12.8 Å². The van der Waals surface area contributed by atoms with Gasteiger partial charge in [-0.3, -0.25) is 4.79 Å². The van der Waals surface area contributed by atoms with Crippen LogP contribution in [-0.2, 0) is 9.53 Å². The van der Waals surface area contributed by atoms with Crippen molar-refractivity contribution in [3.05, 3.63) is 0 Å². The largest absolute Gasteiger partial charge is 0.378 e. The van der Waals surface area contributed by atoms with Crippen molar-refractivity contribution < 1.29 is 9.53 Å². The van der Waals surface area contributed by atoms with Gasteiger partial charge in [0.05, 0.1) is 12.0 Å². The fraction of sp³-hybridized carbons (Fsp3) is 0.938. The first-order chi connectivity index (χ1) is 9.60. The molecule has 0 aromatic heterocycles. The topological polar surface area (TPSA) is 41.6 Å². The number of amides is 1. The molecule has 20 heavy (non-hydrogen) atoms. The summed E-state index contributed by atoms with van der Waals surface area (Å²) in [5, 5.41) is 3.60. The molecule has 1 saturated carbocycles. The summed E-state index contributed by atoms with van der Waals surface area (Å²) >= 11 is 0. The molecule has 0 aromatic carbocycles. The summed E-state index contributed by atoms with van der Waals surface area (Å²) in [5.74, 6) is 0.825. The number of carbonyl (C=O) groups is 1. The molecule has 4 nitrogen and oxygen atoms in total. The second-order valence-electron chi connectivity index (χ2n) is 6.58. The van der Waals surface area contributed by atoms with Crippen LogP contribution in [0, 0.1) is 5.92 Å². The van der Waals surface area contributed by atoms with Gasteiger partial charge in [-0.1, -0.05) is 13.8 Å². The smallest absolute Gasteiger partial charge is 0.225 e. The highest BCUT2D eigenvalue weighted by Gasteiger charge is 2.40. The number of hydrogen-bond donors (Lipinski definition) is 1. The standard InChI is InChI=1S/C16H30N2O2/c1-4-9-17-14-6-10-18(12-13(14)2)15(19)11-16(20-3)7-5-8-16/h13-14,17H,4-12H2,1-3H3. The SMILES string of the molecule is CCCNC1CCN(C(=O)CC2(OC)CCC2)CC1C. The maximum absolute atomic E-state index is 12.5. The molecule has 0 spiro atoms. The molecular formula is C16H30N2O2. The summed E-state index contributed by atoms with van der Waals surface area (Å²) in [6.45, 7) is 7.31. The summed E-state index contributed by atoms with van der Waals surface area (Å²) in [7, 11) is 1.75. The van der Waals surface area contributed by atoms with Crippen LogP contribution in [-0.4, -0.2) is 49.2 Å². The number of ether oxygens (including phenoxy) is 1.